The van der Waals surface area contributed by atoms with Crippen molar-refractivity contribution in [2.75, 3.05) is 41.4 Å². The van der Waals surface area contributed by atoms with Crippen molar-refractivity contribution in [1.29, 1.82) is 0 Å². The van der Waals surface area contributed by atoms with Crippen LogP contribution < -0.4 is 41.4 Å². The molecule has 0 bridgehead atoms. The van der Waals surface area contributed by atoms with E-state index in [1.54, 1.807) is 82.5 Å². The molecule has 5 rings (SSSR count). The zero-order valence-corrected chi connectivity index (χ0v) is 47.3. The standard InChI is InChI=1S/C58H82N8O12/c1-33(59-9)51(71)63-49(57(3,4)5)55(75)65-29-37(21-43(65)53(73)61-27-35-17-19-47(77-11)42(20-35)32-68)23-45(69)39-14-13-15-40(26-39)46(70)24-38-22-44(54(74)62-28-36-16-18-41(31-67)48(25-36)78-12)66(30-38)56(76)50(58(6,7)8)64-52(72)34(2)60-10/h13-20,25-26,33-34,37-38,43-44,49-50,59-60,67-68H,21-24,27-32H2,1-12H3,(H,61,73)(H,62,74)(H,63,71)(H,64,72)/t33-,34-,37+,38+,43-,44-,49+,50+/m0/s1. The van der Waals surface area contributed by atoms with Gasteiger partial charge in [-0.25, -0.2) is 0 Å². The first-order valence-electron chi connectivity index (χ1n) is 26.6. The van der Waals surface area contributed by atoms with Gasteiger partial charge in [-0.15, -0.1) is 0 Å². The van der Waals surface area contributed by atoms with Gasteiger partial charge >= 0.3 is 0 Å². The van der Waals surface area contributed by atoms with Crippen LogP contribution in [0.2, 0.25) is 0 Å². The average Bonchev–Trinajstić information content (AvgIpc) is 4.05. The minimum atomic E-state index is -1.02. The maximum atomic E-state index is 14.6. The predicted octanol–water partition coefficient (Wildman–Crippen LogP) is 3.18. The lowest BCUT2D eigenvalue weighted by Crippen LogP contribution is -2.59. The molecule has 3 aromatic carbocycles. The molecule has 0 radical (unpaired) electrons. The highest BCUT2D eigenvalue weighted by Gasteiger charge is 2.47. The number of aliphatic hydroxyl groups is 2. The molecule has 426 valence electrons. The summed E-state index contributed by atoms with van der Waals surface area (Å²) in [7, 11) is 6.23. The van der Waals surface area contributed by atoms with Gasteiger partial charge in [0.1, 0.15) is 35.7 Å². The van der Waals surface area contributed by atoms with Crippen LogP contribution in [0.25, 0.3) is 0 Å². The molecule has 78 heavy (non-hydrogen) atoms. The Bertz CT molecular complexity index is 2490. The van der Waals surface area contributed by atoms with E-state index in [4.69, 9.17) is 9.47 Å². The first-order valence-corrected chi connectivity index (χ1v) is 26.6. The Labute approximate surface area is 458 Å². The SMILES string of the molecule is CN[C@@H](C)C(=O)N[C@H](C(=O)N1C[C@@H](CC(=O)c2cccc(C(=O)C[C@H]3C[C@@H](C(=O)NCc4ccc(CO)c(OC)c4)N(C(=O)[C@@H](NC(=O)[C@H](C)NC)C(C)(C)C)C3)c2)C[C@H]1C(=O)NCc1ccc(OC)c(CO)c1)C(C)(C)C. The summed E-state index contributed by atoms with van der Waals surface area (Å²) < 4.78 is 10.7. The molecule has 2 aliphatic heterocycles. The van der Waals surface area contributed by atoms with Gasteiger partial charge in [0, 0.05) is 61.3 Å². The molecule has 0 aromatic heterocycles. The van der Waals surface area contributed by atoms with Gasteiger partial charge in [0.15, 0.2) is 11.6 Å². The number of ether oxygens (including phenoxy) is 2. The third kappa shape index (κ3) is 15.7. The average molecular weight is 1080 g/mol. The van der Waals surface area contributed by atoms with E-state index < -0.39 is 94.4 Å². The number of carbonyl (C=O) groups is 8. The molecule has 8 atom stereocenters. The van der Waals surface area contributed by atoms with Crippen LogP contribution in [0.15, 0.2) is 60.7 Å². The number of likely N-dealkylation sites (tertiary alicyclic amines) is 2. The van der Waals surface area contributed by atoms with Crippen LogP contribution in [0.3, 0.4) is 0 Å². The van der Waals surface area contributed by atoms with Crippen LogP contribution in [0.5, 0.6) is 11.5 Å². The normalized spacial score (nSPS) is 19.0. The van der Waals surface area contributed by atoms with Gasteiger partial charge in [-0.2, -0.15) is 0 Å². The minimum absolute atomic E-state index is 0.0343. The van der Waals surface area contributed by atoms with E-state index in [1.165, 1.54) is 30.1 Å². The van der Waals surface area contributed by atoms with E-state index in [0.717, 1.165) is 0 Å². The minimum Gasteiger partial charge on any atom is -0.496 e. The van der Waals surface area contributed by atoms with Crippen molar-refractivity contribution in [3.8, 4) is 11.5 Å². The van der Waals surface area contributed by atoms with Gasteiger partial charge in [-0.1, -0.05) is 77.9 Å². The summed E-state index contributed by atoms with van der Waals surface area (Å²) in [6.45, 7) is 13.9. The number of nitrogens with zero attached hydrogens (tertiary/aromatic N) is 2. The van der Waals surface area contributed by atoms with Crippen LogP contribution >= 0.6 is 0 Å². The van der Waals surface area contributed by atoms with Gasteiger partial charge in [0.2, 0.25) is 35.4 Å². The second-order valence-corrected chi connectivity index (χ2v) is 22.7. The number of amides is 6. The van der Waals surface area contributed by atoms with E-state index in [2.05, 4.69) is 31.9 Å². The number of carbonyl (C=O) groups excluding carboxylic acids is 8. The fraction of sp³-hybridized carbons (Fsp3) is 0.552. The highest BCUT2D eigenvalue weighted by atomic mass is 16.5. The summed E-state index contributed by atoms with van der Waals surface area (Å²) in [6, 6.07) is 11.4. The zero-order chi connectivity index (χ0) is 57.8. The monoisotopic (exact) mass is 1080 g/mol. The molecule has 0 spiro atoms. The number of benzene rings is 3. The lowest BCUT2D eigenvalue weighted by atomic mass is 9.85. The third-order valence-electron chi connectivity index (χ3n) is 14.8. The lowest BCUT2D eigenvalue weighted by Gasteiger charge is -2.36. The first-order chi connectivity index (χ1) is 36.8. The summed E-state index contributed by atoms with van der Waals surface area (Å²) in [5.74, 6) is -3.32. The molecule has 2 heterocycles. The van der Waals surface area contributed by atoms with E-state index in [1.807, 2.05) is 41.5 Å². The molecular formula is C58H82N8O12. The second kappa shape index (κ2) is 27.2. The molecule has 20 nitrogen and oxygen atoms in total. The van der Waals surface area contributed by atoms with Crippen molar-refractivity contribution in [1.82, 2.24) is 41.7 Å². The van der Waals surface area contributed by atoms with Gasteiger partial charge in [0.05, 0.1) is 39.5 Å². The molecule has 20 heteroatoms. The highest BCUT2D eigenvalue weighted by molar-refractivity contribution is 6.02. The molecular weight excluding hydrogens is 1000 g/mol. The number of methoxy groups -OCH3 is 2. The van der Waals surface area contributed by atoms with Gasteiger partial charge < -0.3 is 61.4 Å². The fourth-order valence-corrected chi connectivity index (χ4v) is 9.89. The number of aliphatic hydroxyl groups excluding tert-OH is 2. The molecule has 2 fully saturated rings. The van der Waals surface area contributed by atoms with Crippen LogP contribution in [0, 0.1) is 22.7 Å². The van der Waals surface area contributed by atoms with Crippen molar-refractivity contribution in [3.63, 3.8) is 0 Å². The van der Waals surface area contributed by atoms with E-state index >= 15 is 0 Å². The Kier molecular flexibility index (Phi) is 21.7. The summed E-state index contributed by atoms with van der Waals surface area (Å²) in [5.41, 5.74) is 1.43. The number of Topliss-reactive ketones (excluding diaryl/α,β-unsaturated/α-hetero) is 2. The largest absolute Gasteiger partial charge is 0.496 e. The van der Waals surface area contributed by atoms with E-state index in [9.17, 15) is 48.6 Å². The Morgan fingerprint density at radius 3 is 1.41 bits per heavy atom. The Morgan fingerprint density at radius 1 is 0.590 bits per heavy atom. The summed E-state index contributed by atoms with van der Waals surface area (Å²) >= 11 is 0. The number of nitrogens with one attached hydrogen (secondary N) is 6. The Balaban J connectivity index is 1.36. The molecule has 2 aliphatic rings. The van der Waals surface area contributed by atoms with Gasteiger partial charge in [0.25, 0.3) is 0 Å². The van der Waals surface area contributed by atoms with Crippen LogP contribution in [0.1, 0.15) is 124 Å². The van der Waals surface area contributed by atoms with E-state index in [-0.39, 0.29) is 87.8 Å². The molecule has 3 aromatic rings. The number of ketones is 2. The smallest absolute Gasteiger partial charge is 0.246 e. The van der Waals surface area contributed by atoms with E-state index in [0.29, 0.717) is 33.8 Å². The van der Waals surface area contributed by atoms with Crippen molar-refractivity contribution in [2.24, 2.45) is 22.7 Å². The molecule has 0 aliphatic carbocycles. The van der Waals surface area contributed by atoms with Crippen molar-refractivity contribution >= 4 is 47.0 Å². The topological polar surface area (TPSA) is 274 Å². The van der Waals surface area contributed by atoms with Crippen LogP contribution in [0.4, 0.5) is 0 Å². The summed E-state index contributed by atoms with van der Waals surface area (Å²) in [5, 5.41) is 37.0. The van der Waals surface area contributed by atoms with Crippen molar-refractivity contribution in [2.45, 2.75) is 144 Å². The Hall–Kier alpha value is -6.74. The molecule has 6 amide bonds. The maximum Gasteiger partial charge on any atom is 0.246 e. The first kappa shape index (κ1) is 62.1. The number of hydrogen-bond donors (Lipinski definition) is 8. The van der Waals surface area contributed by atoms with Gasteiger partial charge in [-0.3, -0.25) is 38.4 Å². The summed E-state index contributed by atoms with van der Waals surface area (Å²) in [4.78, 5) is 115. The second-order valence-electron chi connectivity index (χ2n) is 22.7. The van der Waals surface area contributed by atoms with Gasteiger partial charge in [-0.05, 0) is 98.8 Å². The predicted molar refractivity (Wildman–Crippen MR) is 293 cm³/mol. The summed E-state index contributed by atoms with van der Waals surface area (Å²) in [6.07, 6.45) is 0.131. The van der Waals surface area contributed by atoms with Crippen LogP contribution in [-0.2, 0) is 55.1 Å². The van der Waals surface area contributed by atoms with Crippen molar-refractivity contribution in [3.05, 3.63) is 94.0 Å². The maximum absolute atomic E-state index is 14.6. The highest BCUT2D eigenvalue weighted by Crippen LogP contribution is 2.34. The molecule has 2 saturated heterocycles. The van der Waals surface area contributed by atoms with Crippen molar-refractivity contribution < 1.29 is 58.0 Å². The molecule has 0 saturated carbocycles. The zero-order valence-electron chi connectivity index (χ0n) is 47.3. The quantitative estimate of drug-likeness (QED) is 0.0599. The third-order valence-corrected chi connectivity index (χ3v) is 14.8. The lowest BCUT2D eigenvalue weighted by molar-refractivity contribution is -0.144. The molecule has 8 N–H and O–H groups in total. The Morgan fingerprint density at radius 2 is 1.01 bits per heavy atom. The van der Waals surface area contributed by atoms with Crippen LogP contribution in [-0.4, -0.2) is 145 Å². The number of hydrogen-bond acceptors (Lipinski definition) is 14. The number of likely N-dealkylation sites (N-methyl/N-ethyl adjacent to an activating group) is 2. The molecule has 0 unspecified atom stereocenters. The number of rotatable bonds is 24. The fourth-order valence-electron chi connectivity index (χ4n) is 9.89.